The first kappa shape index (κ1) is 24.4. The molecule has 1 unspecified atom stereocenters. The third-order valence-electron chi connectivity index (χ3n) is 6.67. The van der Waals surface area contributed by atoms with E-state index in [-0.39, 0.29) is 29.1 Å². The number of allylic oxidation sites excluding steroid dienone is 3. The molecule has 0 bridgehead atoms. The van der Waals surface area contributed by atoms with Gasteiger partial charge in [-0.3, -0.25) is 14.4 Å². The van der Waals surface area contributed by atoms with Crippen molar-refractivity contribution in [3.63, 3.8) is 0 Å². The molecule has 0 radical (unpaired) electrons. The minimum Gasteiger partial charge on any atom is -0.478 e. The summed E-state index contributed by atoms with van der Waals surface area (Å²) in [7, 11) is 0. The largest absolute Gasteiger partial charge is 0.478 e. The fourth-order valence-electron chi connectivity index (χ4n) is 4.71. The average Bonchev–Trinajstić information content (AvgIpc) is 2.83. The van der Waals surface area contributed by atoms with Crippen LogP contribution in [0.1, 0.15) is 60.2 Å². The maximum Gasteiger partial charge on any atom is 0.335 e. The molecule has 35 heavy (non-hydrogen) atoms. The Kier molecular flexibility index (Phi) is 6.91. The molecule has 0 spiro atoms. The van der Waals surface area contributed by atoms with Crippen LogP contribution in [0.15, 0.2) is 58.6 Å². The smallest absolute Gasteiger partial charge is 0.335 e. The highest BCUT2D eigenvalue weighted by molar-refractivity contribution is 6.21. The zero-order valence-corrected chi connectivity index (χ0v) is 19.9. The van der Waals surface area contributed by atoms with E-state index in [9.17, 15) is 19.2 Å². The minimum absolute atomic E-state index is 0.0143. The van der Waals surface area contributed by atoms with Crippen molar-refractivity contribution in [3.8, 4) is 0 Å². The molecule has 1 atom stereocenters. The Balaban J connectivity index is 1.30. The summed E-state index contributed by atoms with van der Waals surface area (Å²) in [6.45, 7) is 4.94. The number of piperidine rings is 1. The number of hydrogen-bond donors (Lipinski definition) is 1. The van der Waals surface area contributed by atoms with E-state index in [1.807, 2.05) is 32.1 Å². The summed E-state index contributed by atoms with van der Waals surface area (Å²) >= 11 is 0. The highest BCUT2D eigenvalue weighted by Gasteiger charge is 2.33. The lowest BCUT2D eigenvalue weighted by atomic mass is 9.83. The van der Waals surface area contributed by atoms with E-state index in [4.69, 9.17) is 5.11 Å². The summed E-state index contributed by atoms with van der Waals surface area (Å²) < 4.78 is 0. The van der Waals surface area contributed by atoms with Crippen LogP contribution >= 0.6 is 0 Å². The number of benzene rings is 1. The molecular weight excluding hydrogens is 446 g/mol. The van der Waals surface area contributed by atoms with Crippen molar-refractivity contribution in [2.45, 2.75) is 39.5 Å². The molecule has 1 fully saturated rings. The predicted molar refractivity (Wildman–Crippen MR) is 132 cm³/mol. The molecule has 1 aromatic rings. The lowest BCUT2D eigenvalue weighted by molar-refractivity contribution is -0.134. The maximum absolute atomic E-state index is 13.0. The van der Waals surface area contributed by atoms with Gasteiger partial charge in [0, 0.05) is 37.4 Å². The fourth-order valence-corrected chi connectivity index (χ4v) is 4.71. The Hall–Kier alpha value is -3.68. The van der Waals surface area contributed by atoms with Crippen LogP contribution in [-0.4, -0.2) is 58.2 Å². The Morgan fingerprint density at radius 2 is 1.69 bits per heavy atom. The second kappa shape index (κ2) is 9.90. The normalized spacial score (nSPS) is 20.2. The van der Waals surface area contributed by atoms with Crippen LogP contribution in [0, 0.1) is 17.3 Å². The summed E-state index contributed by atoms with van der Waals surface area (Å²) in [6, 6.07) is 5.98. The van der Waals surface area contributed by atoms with Gasteiger partial charge in [-0.2, -0.15) is 4.99 Å². The molecule has 8 nitrogen and oxygen atoms in total. The Morgan fingerprint density at radius 1 is 1.03 bits per heavy atom. The van der Waals surface area contributed by atoms with Gasteiger partial charge in [0.25, 0.3) is 5.91 Å². The van der Waals surface area contributed by atoms with E-state index in [1.54, 1.807) is 23.1 Å². The quantitative estimate of drug-likeness (QED) is 0.603. The maximum atomic E-state index is 13.0. The Morgan fingerprint density at radius 3 is 2.34 bits per heavy atom. The van der Waals surface area contributed by atoms with Crippen molar-refractivity contribution in [1.29, 1.82) is 0 Å². The number of ketones is 1. The molecule has 2 amide bonds. The number of hydrogen-bond acceptors (Lipinski definition) is 5. The van der Waals surface area contributed by atoms with Gasteiger partial charge in [0.1, 0.15) is 11.8 Å². The number of likely N-dealkylation sites (tertiary alicyclic amines) is 1. The van der Waals surface area contributed by atoms with Gasteiger partial charge in [-0.05, 0) is 36.5 Å². The number of aliphatic imine (C=N–C) groups is 2. The fraction of sp³-hybridized carbons (Fsp3) is 0.407. The molecule has 2 aliphatic heterocycles. The molecule has 0 aromatic heterocycles. The molecular formula is C27H29N3O5. The number of nitrogens with zero attached hydrogens (tertiary/aromatic N) is 3. The number of aromatic carboxylic acids is 1. The molecule has 0 saturated carbocycles. The van der Waals surface area contributed by atoms with Crippen molar-refractivity contribution in [3.05, 3.63) is 59.7 Å². The zero-order valence-electron chi connectivity index (χ0n) is 19.9. The number of amidine groups is 1. The zero-order chi connectivity index (χ0) is 25.2. The number of amides is 2. The highest BCUT2D eigenvalue weighted by Crippen LogP contribution is 2.30. The van der Waals surface area contributed by atoms with Gasteiger partial charge >= 0.3 is 5.97 Å². The molecule has 2 heterocycles. The number of carbonyl (C=O) groups is 4. The first-order valence-electron chi connectivity index (χ1n) is 11.8. The third-order valence-corrected chi connectivity index (χ3v) is 6.67. The van der Waals surface area contributed by atoms with Gasteiger partial charge in [0.05, 0.1) is 11.3 Å². The topological polar surface area (TPSA) is 116 Å². The van der Waals surface area contributed by atoms with Crippen molar-refractivity contribution >= 4 is 35.1 Å². The Bertz CT molecular complexity index is 1170. The second-order valence-corrected chi connectivity index (χ2v) is 10.0. The molecule has 8 heteroatoms. The van der Waals surface area contributed by atoms with Crippen LogP contribution in [0.25, 0.3) is 0 Å². The van der Waals surface area contributed by atoms with E-state index >= 15 is 0 Å². The molecule has 1 saturated heterocycles. The lowest BCUT2D eigenvalue weighted by Crippen LogP contribution is -2.42. The SMILES string of the molecule is CC(C)(CC(=O)N1CCC(C(=O)c2ccc(C(=O)O)cc2)CC1)CC1=NC(=O)C2C=CC=CC2=N1. The van der Waals surface area contributed by atoms with Gasteiger partial charge in [-0.15, -0.1) is 0 Å². The van der Waals surface area contributed by atoms with Crippen molar-refractivity contribution in [2.24, 2.45) is 27.2 Å². The van der Waals surface area contributed by atoms with Crippen molar-refractivity contribution in [2.75, 3.05) is 13.1 Å². The van der Waals surface area contributed by atoms with Gasteiger partial charge < -0.3 is 10.0 Å². The van der Waals surface area contributed by atoms with Crippen LogP contribution in [0.3, 0.4) is 0 Å². The van der Waals surface area contributed by atoms with Crippen LogP contribution < -0.4 is 0 Å². The van der Waals surface area contributed by atoms with Gasteiger partial charge in [0.2, 0.25) is 5.91 Å². The summed E-state index contributed by atoms with van der Waals surface area (Å²) in [5.41, 5.74) is 0.899. The van der Waals surface area contributed by atoms with Gasteiger partial charge in [-0.1, -0.05) is 44.2 Å². The number of carboxylic acids is 1. The number of carboxylic acid groups (broad SMARTS) is 1. The number of carbonyl (C=O) groups excluding carboxylic acids is 3. The first-order chi connectivity index (χ1) is 16.6. The molecule has 1 aromatic carbocycles. The van der Waals surface area contributed by atoms with Gasteiger partial charge in [-0.25, -0.2) is 9.79 Å². The molecule has 4 rings (SSSR count). The first-order valence-corrected chi connectivity index (χ1v) is 11.8. The van der Waals surface area contributed by atoms with Crippen LogP contribution in [-0.2, 0) is 9.59 Å². The highest BCUT2D eigenvalue weighted by atomic mass is 16.4. The van der Waals surface area contributed by atoms with E-state index in [2.05, 4.69) is 9.98 Å². The average molecular weight is 476 g/mol. The number of rotatable bonds is 7. The van der Waals surface area contributed by atoms with E-state index in [1.165, 1.54) is 12.1 Å². The summed E-state index contributed by atoms with van der Waals surface area (Å²) in [5, 5.41) is 9.02. The molecule has 182 valence electrons. The molecule has 3 aliphatic rings. The summed E-state index contributed by atoms with van der Waals surface area (Å²) in [4.78, 5) is 59.7. The molecule has 1 aliphatic carbocycles. The van der Waals surface area contributed by atoms with Crippen LogP contribution in [0.5, 0.6) is 0 Å². The monoisotopic (exact) mass is 475 g/mol. The summed E-state index contributed by atoms with van der Waals surface area (Å²) in [5.74, 6) is -1.40. The number of Topliss-reactive ketones (excluding diaryl/α,β-unsaturated/α-hetero) is 1. The third kappa shape index (κ3) is 5.70. The number of fused-ring (bicyclic) bond motifs is 1. The van der Waals surface area contributed by atoms with Gasteiger partial charge in [0.15, 0.2) is 5.78 Å². The minimum atomic E-state index is -1.03. The van der Waals surface area contributed by atoms with Crippen molar-refractivity contribution < 1.29 is 24.3 Å². The van der Waals surface area contributed by atoms with Crippen LogP contribution in [0.4, 0.5) is 0 Å². The second-order valence-electron chi connectivity index (χ2n) is 10.0. The Labute approximate surface area is 204 Å². The van der Waals surface area contributed by atoms with E-state index in [0.717, 1.165) is 0 Å². The predicted octanol–water partition coefficient (Wildman–Crippen LogP) is 3.73. The standard InChI is InChI=1S/C27H29N3O5/c1-27(2,15-22-28-21-6-4-3-5-20(21)25(33)29-22)16-23(31)30-13-11-18(12-14-30)24(32)17-7-9-19(10-8-17)26(34)35/h3-10,18,20H,11-16H2,1-2H3,(H,34,35). The molecule has 1 N–H and O–H groups in total. The van der Waals surface area contributed by atoms with Crippen LogP contribution in [0.2, 0.25) is 0 Å². The lowest BCUT2D eigenvalue weighted by Gasteiger charge is -2.34. The van der Waals surface area contributed by atoms with E-state index in [0.29, 0.717) is 55.9 Å². The van der Waals surface area contributed by atoms with E-state index < -0.39 is 17.3 Å². The summed E-state index contributed by atoms with van der Waals surface area (Å²) in [6.07, 6.45) is 9.12. The van der Waals surface area contributed by atoms with Crippen molar-refractivity contribution in [1.82, 2.24) is 4.90 Å².